The van der Waals surface area contributed by atoms with Crippen LogP contribution >= 0.6 is 11.6 Å². The van der Waals surface area contributed by atoms with E-state index in [1.165, 1.54) is 41.3 Å². The summed E-state index contributed by atoms with van der Waals surface area (Å²) in [5.41, 5.74) is 0.917. The monoisotopic (exact) mass is 587 g/mol. The van der Waals surface area contributed by atoms with Gasteiger partial charge in [-0.2, -0.15) is 0 Å². The van der Waals surface area contributed by atoms with E-state index in [-0.39, 0.29) is 35.1 Å². The lowest BCUT2D eigenvalue weighted by atomic mass is 10.1. The van der Waals surface area contributed by atoms with Crippen molar-refractivity contribution in [3.8, 4) is 0 Å². The fourth-order valence-electron chi connectivity index (χ4n) is 3.83. The molecule has 1 atom stereocenters. The summed E-state index contributed by atoms with van der Waals surface area (Å²) in [4.78, 5) is 26.3. The van der Waals surface area contributed by atoms with Gasteiger partial charge in [0.25, 0.3) is 0 Å². The number of amides is 1. The first-order valence-corrected chi connectivity index (χ1v) is 14.7. The first-order valence-electron chi connectivity index (χ1n) is 12.8. The van der Waals surface area contributed by atoms with E-state index in [1.807, 2.05) is 0 Å². The number of carbonyl (C=O) groups excluding carboxylic acids is 2. The Balaban J connectivity index is 1.72. The highest BCUT2D eigenvalue weighted by Gasteiger charge is 2.25. The Morgan fingerprint density at radius 1 is 0.975 bits per heavy atom. The highest BCUT2D eigenvalue weighted by Crippen LogP contribution is 2.23. The van der Waals surface area contributed by atoms with Crippen molar-refractivity contribution in [1.82, 2.24) is 4.90 Å². The average Bonchev–Trinajstić information content (AvgIpc) is 2.90. The van der Waals surface area contributed by atoms with Crippen LogP contribution in [0.1, 0.15) is 55.3 Å². The van der Waals surface area contributed by atoms with Crippen molar-refractivity contribution in [3.05, 3.63) is 94.5 Å². The molecule has 3 aromatic rings. The van der Waals surface area contributed by atoms with Gasteiger partial charge in [-0.05, 0) is 93.8 Å². The van der Waals surface area contributed by atoms with Gasteiger partial charge in [0.15, 0.2) is 0 Å². The number of hydrogen-bond acceptors (Lipinski definition) is 7. The Morgan fingerprint density at radius 3 is 2.12 bits per heavy atom. The van der Waals surface area contributed by atoms with Crippen molar-refractivity contribution in [2.24, 2.45) is 0 Å². The topological polar surface area (TPSA) is 110 Å². The van der Waals surface area contributed by atoms with Crippen LogP contribution in [0, 0.1) is 0 Å². The minimum atomic E-state index is -3.81. The molecule has 0 fully saturated rings. The van der Waals surface area contributed by atoms with Gasteiger partial charge in [-0.25, -0.2) is 18.0 Å². The summed E-state index contributed by atoms with van der Waals surface area (Å²) in [7, 11) is -3.81. The van der Waals surface area contributed by atoms with Gasteiger partial charge >= 0.3 is 12.1 Å². The Kier molecular flexibility index (Phi) is 10.4. The van der Waals surface area contributed by atoms with Crippen molar-refractivity contribution in [2.75, 3.05) is 19.7 Å². The van der Waals surface area contributed by atoms with Crippen LogP contribution < -0.4 is 0 Å². The third-order valence-electron chi connectivity index (χ3n) is 5.86. The van der Waals surface area contributed by atoms with Crippen LogP contribution in [-0.4, -0.2) is 55.8 Å². The third kappa shape index (κ3) is 8.55. The molecule has 3 rings (SSSR count). The zero-order valence-corrected chi connectivity index (χ0v) is 24.5. The van der Waals surface area contributed by atoms with Crippen LogP contribution in [0.3, 0.4) is 0 Å². The lowest BCUT2D eigenvalue weighted by Crippen LogP contribution is -2.40. The fraction of sp³-hybridized carbons (Fsp3) is 0.333. The summed E-state index contributed by atoms with van der Waals surface area (Å²) in [6, 6.07) is 18.8. The number of hydrogen-bond donors (Lipinski definition) is 1. The van der Waals surface area contributed by atoms with Gasteiger partial charge in [-0.1, -0.05) is 35.9 Å². The van der Waals surface area contributed by atoms with Crippen LogP contribution in [0.4, 0.5) is 4.79 Å². The number of nitrogens with zero attached hydrogens (tertiary/aromatic N) is 1. The number of rotatable bonds is 10. The second-order valence-corrected chi connectivity index (χ2v) is 12.5. The van der Waals surface area contributed by atoms with Crippen molar-refractivity contribution in [1.29, 1.82) is 0 Å². The minimum absolute atomic E-state index is 0.0104. The van der Waals surface area contributed by atoms with Crippen LogP contribution in [-0.2, 0) is 25.7 Å². The van der Waals surface area contributed by atoms with E-state index in [9.17, 15) is 23.1 Å². The highest BCUT2D eigenvalue weighted by atomic mass is 35.5. The van der Waals surface area contributed by atoms with Gasteiger partial charge in [0.2, 0.25) is 9.84 Å². The quantitative estimate of drug-likeness (QED) is 0.296. The Hall–Kier alpha value is -3.40. The normalized spacial score (nSPS) is 12.4. The average molecular weight is 588 g/mol. The maximum Gasteiger partial charge on any atom is 0.410 e. The number of esters is 1. The first kappa shape index (κ1) is 31.1. The molecule has 0 radical (unpaired) electrons. The van der Waals surface area contributed by atoms with Gasteiger partial charge in [-0.3, -0.25) is 0 Å². The molecule has 0 aliphatic rings. The standard InChI is InChI=1S/C30H34ClNO7S/c1-5-38-28(34)22-11-15-26(16-12-22)40(36,37)25-13-9-21(10-14-25)17-18-32(29(35)39-30(2,3)4)20-27(33)23-7-6-8-24(31)19-23/h6-16,19,27,33H,5,17-18,20H2,1-4H3/t27-/m0/s1. The van der Waals surface area contributed by atoms with Gasteiger partial charge in [0.05, 0.1) is 34.6 Å². The van der Waals surface area contributed by atoms with Crippen molar-refractivity contribution < 1.29 is 32.6 Å². The molecule has 0 aliphatic carbocycles. The molecule has 1 N–H and O–H groups in total. The maximum absolute atomic E-state index is 13.1. The zero-order chi connectivity index (χ0) is 29.5. The molecule has 0 unspecified atom stereocenters. The molecule has 0 spiro atoms. The van der Waals surface area contributed by atoms with Crippen molar-refractivity contribution in [3.63, 3.8) is 0 Å². The molecular weight excluding hydrogens is 554 g/mol. The molecular formula is C30H34ClNO7S. The number of sulfone groups is 1. The predicted molar refractivity (Wildman–Crippen MR) is 152 cm³/mol. The molecule has 0 aromatic heterocycles. The summed E-state index contributed by atoms with van der Waals surface area (Å²) in [6.45, 7) is 7.43. The van der Waals surface area contributed by atoms with E-state index >= 15 is 0 Å². The van der Waals surface area contributed by atoms with Gasteiger partial charge < -0.3 is 19.5 Å². The van der Waals surface area contributed by atoms with E-state index in [0.717, 1.165) is 5.56 Å². The number of halogens is 1. The summed E-state index contributed by atoms with van der Waals surface area (Å²) >= 11 is 6.05. The fourth-order valence-corrected chi connectivity index (χ4v) is 5.29. The number of benzene rings is 3. The Bertz CT molecular complexity index is 1420. The van der Waals surface area contributed by atoms with E-state index in [4.69, 9.17) is 21.1 Å². The third-order valence-corrected chi connectivity index (χ3v) is 7.88. The van der Waals surface area contributed by atoms with E-state index < -0.39 is 33.6 Å². The second kappa shape index (κ2) is 13.3. The molecule has 0 bridgehead atoms. The largest absolute Gasteiger partial charge is 0.462 e. The molecule has 0 saturated carbocycles. The van der Waals surface area contributed by atoms with Gasteiger partial charge in [0, 0.05) is 11.6 Å². The van der Waals surface area contributed by atoms with E-state index in [1.54, 1.807) is 64.1 Å². The maximum atomic E-state index is 13.1. The van der Waals surface area contributed by atoms with Crippen LogP contribution in [0.25, 0.3) is 0 Å². The molecule has 0 heterocycles. The van der Waals surface area contributed by atoms with E-state index in [2.05, 4.69) is 0 Å². The number of ether oxygens (including phenoxy) is 2. The molecule has 40 heavy (non-hydrogen) atoms. The minimum Gasteiger partial charge on any atom is -0.462 e. The van der Waals surface area contributed by atoms with Crippen LogP contribution in [0.2, 0.25) is 5.02 Å². The lowest BCUT2D eigenvalue weighted by Gasteiger charge is -2.29. The van der Waals surface area contributed by atoms with Crippen molar-refractivity contribution in [2.45, 2.75) is 55.6 Å². The zero-order valence-electron chi connectivity index (χ0n) is 23.0. The molecule has 1 amide bonds. The molecule has 0 aliphatic heterocycles. The number of aliphatic hydroxyl groups excluding tert-OH is 1. The summed E-state index contributed by atoms with van der Waals surface area (Å²) in [5, 5.41) is 11.2. The van der Waals surface area contributed by atoms with E-state index in [0.29, 0.717) is 17.0 Å². The first-order chi connectivity index (χ1) is 18.8. The van der Waals surface area contributed by atoms with Gasteiger partial charge in [-0.15, -0.1) is 0 Å². The predicted octanol–water partition coefficient (Wildman–Crippen LogP) is 5.86. The van der Waals surface area contributed by atoms with Crippen LogP contribution in [0.15, 0.2) is 82.6 Å². The Labute approximate surface area is 240 Å². The molecule has 10 heteroatoms. The SMILES string of the molecule is CCOC(=O)c1ccc(S(=O)(=O)c2ccc(CCN(C[C@H](O)c3cccc(Cl)c3)C(=O)OC(C)(C)C)cc2)cc1. The second-order valence-electron chi connectivity index (χ2n) is 10.1. The smallest absolute Gasteiger partial charge is 0.410 e. The summed E-state index contributed by atoms with van der Waals surface area (Å²) in [6.07, 6.45) is -1.15. The summed E-state index contributed by atoms with van der Waals surface area (Å²) < 4.78 is 36.7. The lowest BCUT2D eigenvalue weighted by molar-refractivity contribution is 0.0147. The molecule has 3 aromatic carbocycles. The Morgan fingerprint density at radius 2 is 1.57 bits per heavy atom. The highest BCUT2D eigenvalue weighted by molar-refractivity contribution is 7.91. The van der Waals surface area contributed by atoms with Crippen molar-refractivity contribution >= 4 is 33.5 Å². The molecule has 214 valence electrons. The molecule has 0 saturated heterocycles. The molecule has 8 nitrogen and oxygen atoms in total. The summed E-state index contributed by atoms with van der Waals surface area (Å²) in [5.74, 6) is -0.517. The number of aliphatic hydroxyl groups is 1. The van der Waals surface area contributed by atoms with Gasteiger partial charge in [0.1, 0.15) is 5.60 Å². The number of carbonyl (C=O) groups is 2. The van der Waals surface area contributed by atoms with Crippen LogP contribution in [0.5, 0.6) is 0 Å².